The van der Waals surface area contributed by atoms with Gasteiger partial charge < -0.3 is 20.3 Å². The Morgan fingerprint density at radius 1 is 1.30 bits per heavy atom. The van der Waals surface area contributed by atoms with E-state index in [0.717, 1.165) is 0 Å². The smallest absolute Gasteiger partial charge is 0.326 e. The van der Waals surface area contributed by atoms with Gasteiger partial charge in [-0.2, -0.15) is 0 Å². The molecule has 0 fully saturated rings. The van der Waals surface area contributed by atoms with E-state index in [2.05, 4.69) is 5.32 Å². The van der Waals surface area contributed by atoms with E-state index in [9.17, 15) is 9.59 Å². The predicted octanol–water partition coefficient (Wildman–Crippen LogP) is 0.796. The molecular weight excluding hydrogens is 262 g/mol. The fraction of sp³-hybridized carbons (Fsp3) is 0.429. The van der Waals surface area contributed by atoms with Crippen LogP contribution < -0.4 is 10.1 Å². The predicted molar refractivity (Wildman–Crippen MR) is 72.4 cm³/mol. The molecule has 0 bridgehead atoms. The molecule has 1 amide bonds. The van der Waals surface area contributed by atoms with Crippen LogP contribution in [-0.4, -0.2) is 40.8 Å². The lowest BCUT2D eigenvalue weighted by Gasteiger charge is -2.20. The van der Waals surface area contributed by atoms with Crippen LogP contribution in [0.2, 0.25) is 0 Å². The Morgan fingerprint density at radius 3 is 2.45 bits per heavy atom. The van der Waals surface area contributed by atoms with Crippen molar-refractivity contribution >= 4 is 11.9 Å². The number of carboxylic acids is 1. The summed E-state index contributed by atoms with van der Waals surface area (Å²) in [6.45, 7) is 1.46. The summed E-state index contributed by atoms with van der Waals surface area (Å²) in [5.74, 6) is -1.14. The van der Waals surface area contributed by atoms with E-state index < -0.39 is 24.0 Å². The largest absolute Gasteiger partial charge is 0.481 e. The quantitative estimate of drug-likeness (QED) is 0.655. The second-order valence-corrected chi connectivity index (χ2v) is 4.24. The molecule has 6 nitrogen and oxygen atoms in total. The topological polar surface area (TPSA) is 95.9 Å². The highest BCUT2D eigenvalue weighted by atomic mass is 16.5. The summed E-state index contributed by atoms with van der Waals surface area (Å²) >= 11 is 0. The van der Waals surface area contributed by atoms with Crippen molar-refractivity contribution in [3.05, 3.63) is 30.3 Å². The first kappa shape index (κ1) is 16.0. The Labute approximate surface area is 117 Å². The average molecular weight is 281 g/mol. The summed E-state index contributed by atoms with van der Waals surface area (Å²) in [6, 6.07) is 7.73. The van der Waals surface area contributed by atoms with Crippen molar-refractivity contribution in [1.82, 2.24) is 5.32 Å². The van der Waals surface area contributed by atoms with Crippen LogP contribution in [0.5, 0.6) is 5.75 Å². The number of hydrogen-bond donors (Lipinski definition) is 3. The minimum Gasteiger partial charge on any atom is -0.481 e. The standard InChI is InChI=1S/C14H19NO5/c1-2-12(20-10-6-4-3-5-7-10)13(17)15-11(8-9-16)14(18)19/h3-7,11-12,16H,2,8-9H2,1H3,(H,15,17)(H,18,19)/t11-,12?/m0/s1. The number of carbonyl (C=O) groups excluding carboxylic acids is 1. The fourth-order valence-corrected chi connectivity index (χ4v) is 1.64. The minimum absolute atomic E-state index is 0.0388. The number of carbonyl (C=O) groups is 2. The van der Waals surface area contributed by atoms with Crippen molar-refractivity contribution in [1.29, 1.82) is 0 Å². The number of carboxylic acid groups (broad SMARTS) is 1. The fourth-order valence-electron chi connectivity index (χ4n) is 1.64. The van der Waals surface area contributed by atoms with Crippen LogP contribution in [0.1, 0.15) is 19.8 Å². The van der Waals surface area contributed by atoms with Crippen LogP contribution >= 0.6 is 0 Å². The third-order valence-electron chi connectivity index (χ3n) is 2.72. The van der Waals surface area contributed by atoms with E-state index in [1.165, 1.54) is 0 Å². The summed E-state index contributed by atoms with van der Waals surface area (Å²) in [4.78, 5) is 22.9. The molecule has 1 unspecified atom stereocenters. The Morgan fingerprint density at radius 2 is 1.95 bits per heavy atom. The van der Waals surface area contributed by atoms with Gasteiger partial charge in [0.25, 0.3) is 5.91 Å². The molecule has 6 heteroatoms. The Balaban J connectivity index is 2.64. The molecule has 0 aromatic heterocycles. The van der Waals surface area contributed by atoms with Crippen molar-refractivity contribution in [2.75, 3.05) is 6.61 Å². The number of aliphatic hydroxyl groups excluding tert-OH is 1. The first-order valence-electron chi connectivity index (χ1n) is 6.44. The molecule has 1 rings (SSSR count). The van der Waals surface area contributed by atoms with Crippen molar-refractivity contribution in [2.24, 2.45) is 0 Å². The molecule has 0 spiro atoms. The average Bonchev–Trinajstić information content (AvgIpc) is 2.45. The zero-order chi connectivity index (χ0) is 15.0. The zero-order valence-corrected chi connectivity index (χ0v) is 11.3. The summed E-state index contributed by atoms with van der Waals surface area (Å²) in [7, 11) is 0. The van der Waals surface area contributed by atoms with Gasteiger partial charge in [0.2, 0.25) is 0 Å². The number of aliphatic carboxylic acids is 1. The Kier molecular flexibility index (Phi) is 6.52. The lowest BCUT2D eigenvalue weighted by molar-refractivity contribution is -0.143. The molecule has 0 aliphatic heterocycles. The van der Waals surface area contributed by atoms with Gasteiger partial charge in [0.1, 0.15) is 11.8 Å². The van der Waals surface area contributed by atoms with E-state index in [0.29, 0.717) is 12.2 Å². The first-order valence-corrected chi connectivity index (χ1v) is 6.44. The van der Waals surface area contributed by atoms with Gasteiger partial charge in [-0.3, -0.25) is 4.79 Å². The molecule has 2 atom stereocenters. The monoisotopic (exact) mass is 281 g/mol. The number of aliphatic hydroxyl groups is 1. The number of nitrogens with one attached hydrogen (secondary N) is 1. The van der Waals surface area contributed by atoms with Gasteiger partial charge in [-0.1, -0.05) is 25.1 Å². The number of rotatable bonds is 8. The van der Waals surface area contributed by atoms with Crippen LogP contribution in [0.4, 0.5) is 0 Å². The van der Waals surface area contributed by atoms with Crippen molar-refractivity contribution in [2.45, 2.75) is 31.9 Å². The summed E-state index contributed by atoms with van der Waals surface area (Å²) in [6.07, 6.45) is -0.396. The van der Waals surface area contributed by atoms with Gasteiger partial charge in [-0.25, -0.2) is 4.79 Å². The highest BCUT2D eigenvalue weighted by molar-refractivity contribution is 5.86. The molecule has 0 aliphatic carbocycles. The molecule has 1 aromatic rings. The van der Waals surface area contributed by atoms with E-state index in [-0.39, 0.29) is 13.0 Å². The van der Waals surface area contributed by atoms with Crippen LogP contribution in [0.3, 0.4) is 0 Å². The molecule has 110 valence electrons. The van der Waals surface area contributed by atoms with Crippen molar-refractivity contribution in [3.63, 3.8) is 0 Å². The summed E-state index contributed by atoms with van der Waals surface area (Å²) in [5, 5.41) is 20.1. The number of ether oxygens (including phenoxy) is 1. The Hall–Kier alpha value is -2.08. The normalized spacial score (nSPS) is 13.3. The van der Waals surface area contributed by atoms with Gasteiger partial charge in [0.05, 0.1) is 0 Å². The lowest BCUT2D eigenvalue weighted by atomic mass is 10.2. The van der Waals surface area contributed by atoms with Gasteiger partial charge in [-0.15, -0.1) is 0 Å². The van der Waals surface area contributed by atoms with Crippen molar-refractivity contribution in [3.8, 4) is 5.75 Å². The second kappa shape index (κ2) is 8.16. The maximum absolute atomic E-state index is 12.0. The van der Waals surface area contributed by atoms with E-state index in [4.69, 9.17) is 14.9 Å². The molecule has 0 radical (unpaired) electrons. The zero-order valence-electron chi connectivity index (χ0n) is 11.3. The van der Waals surface area contributed by atoms with E-state index in [1.807, 2.05) is 6.07 Å². The third-order valence-corrected chi connectivity index (χ3v) is 2.72. The molecule has 20 heavy (non-hydrogen) atoms. The van der Waals surface area contributed by atoms with Crippen molar-refractivity contribution < 1.29 is 24.5 Å². The lowest BCUT2D eigenvalue weighted by Crippen LogP contribution is -2.47. The number of hydrogen-bond acceptors (Lipinski definition) is 4. The molecule has 3 N–H and O–H groups in total. The molecule has 0 aliphatic rings. The van der Waals surface area contributed by atoms with Crippen LogP contribution in [0.25, 0.3) is 0 Å². The third kappa shape index (κ3) is 4.89. The van der Waals surface area contributed by atoms with E-state index in [1.54, 1.807) is 31.2 Å². The van der Waals surface area contributed by atoms with Crippen LogP contribution in [0.15, 0.2) is 30.3 Å². The Bertz CT molecular complexity index is 434. The molecule has 0 heterocycles. The van der Waals surface area contributed by atoms with Gasteiger partial charge in [0.15, 0.2) is 6.10 Å². The van der Waals surface area contributed by atoms with Gasteiger partial charge in [0, 0.05) is 13.0 Å². The first-order chi connectivity index (χ1) is 9.58. The van der Waals surface area contributed by atoms with Crippen LogP contribution in [-0.2, 0) is 9.59 Å². The summed E-state index contributed by atoms with van der Waals surface area (Å²) < 4.78 is 5.52. The minimum atomic E-state index is -1.18. The molecular formula is C14H19NO5. The molecule has 0 saturated carbocycles. The number of para-hydroxylation sites is 1. The maximum atomic E-state index is 12.0. The second-order valence-electron chi connectivity index (χ2n) is 4.24. The number of amides is 1. The highest BCUT2D eigenvalue weighted by Gasteiger charge is 2.25. The number of benzene rings is 1. The van der Waals surface area contributed by atoms with E-state index >= 15 is 0 Å². The van der Waals surface area contributed by atoms with Crippen LogP contribution in [0, 0.1) is 0 Å². The van der Waals surface area contributed by atoms with Gasteiger partial charge >= 0.3 is 5.97 Å². The maximum Gasteiger partial charge on any atom is 0.326 e. The summed E-state index contributed by atoms with van der Waals surface area (Å²) in [5.41, 5.74) is 0. The highest BCUT2D eigenvalue weighted by Crippen LogP contribution is 2.12. The molecule has 1 aromatic carbocycles. The SMILES string of the molecule is CCC(Oc1ccccc1)C(=O)N[C@@H](CCO)C(=O)O. The van der Waals surface area contributed by atoms with Gasteiger partial charge in [-0.05, 0) is 18.6 Å². The molecule has 0 saturated heterocycles.